The Morgan fingerprint density at radius 3 is 2.71 bits per heavy atom. The van der Waals surface area contributed by atoms with Crippen molar-refractivity contribution in [2.75, 3.05) is 19.6 Å². The van der Waals surface area contributed by atoms with Gasteiger partial charge in [0.25, 0.3) is 5.69 Å². The van der Waals surface area contributed by atoms with Gasteiger partial charge in [0.1, 0.15) is 5.82 Å². The molecule has 5 nitrogen and oxygen atoms in total. The third-order valence-electron chi connectivity index (χ3n) is 3.87. The van der Waals surface area contributed by atoms with Crippen LogP contribution in [0.3, 0.4) is 0 Å². The second kappa shape index (κ2) is 7.47. The van der Waals surface area contributed by atoms with Crippen LogP contribution in [0, 0.1) is 15.9 Å². The van der Waals surface area contributed by atoms with E-state index in [9.17, 15) is 14.5 Å². The molecule has 116 valence electrons. The van der Waals surface area contributed by atoms with Crippen LogP contribution in [-0.2, 0) is 6.54 Å². The number of nitrogens with zero attached hydrogens (tertiary/aromatic N) is 2. The number of hydrogen-bond donors (Lipinski definition) is 1. The summed E-state index contributed by atoms with van der Waals surface area (Å²) in [5, 5.41) is 14.2. The largest absolute Gasteiger partial charge is 0.317 e. The number of hydrogen-bond acceptors (Lipinski definition) is 4. The zero-order valence-corrected chi connectivity index (χ0v) is 12.3. The fourth-order valence-corrected chi connectivity index (χ4v) is 2.91. The molecule has 0 bridgehead atoms. The molecule has 1 saturated heterocycles. The van der Waals surface area contributed by atoms with Crippen LogP contribution < -0.4 is 5.32 Å². The van der Waals surface area contributed by atoms with Crippen molar-refractivity contribution in [1.82, 2.24) is 10.2 Å². The molecule has 0 spiro atoms. The SMILES string of the molecule is CCCN(Cc1cc(F)cc([N+](=O)[O-])c1)C1CCNCC1. The molecule has 0 radical (unpaired) electrons. The van der Waals surface area contributed by atoms with Crippen molar-refractivity contribution in [2.45, 2.75) is 38.8 Å². The number of non-ortho nitro benzene ring substituents is 1. The molecule has 21 heavy (non-hydrogen) atoms. The molecule has 1 fully saturated rings. The summed E-state index contributed by atoms with van der Waals surface area (Å²) in [4.78, 5) is 12.6. The molecule has 0 saturated carbocycles. The summed E-state index contributed by atoms with van der Waals surface area (Å²) < 4.78 is 13.5. The first-order chi connectivity index (χ1) is 10.1. The minimum atomic E-state index is -0.541. The summed E-state index contributed by atoms with van der Waals surface area (Å²) in [5.41, 5.74) is 0.500. The lowest BCUT2D eigenvalue weighted by Crippen LogP contribution is -2.43. The number of halogens is 1. The van der Waals surface area contributed by atoms with Crippen molar-refractivity contribution in [3.05, 3.63) is 39.7 Å². The predicted molar refractivity (Wildman–Crippen MR) is 79.6 cm³/mol. The van der Waals surface area contributed by atoms with Gasteiger partial charge >= 0.3 is 0 Å². The van der Waals surface area contributed by atoms with Crippen LogP contribution in [-0.4, -0.2) is 35.5 Å². The average molecular weight is 295 g/mol. The van der Waals surface area contributed by atoms with Gasteiger partial charge in [-0.05, 0) is 50.5 Å². The molecule has 0 atom stereocenters. The first-order valence-corrected chi connectivity index (χ1v) is 7.48. The van der Waals surface area contributed by atoms with E-state index in [0.29, 0.717) is 18.2 Å². The van der Waals surface area contributed by atoms with Crippen LogP contribution >= 0.6 is 0 Å². The number of benzene rings is 1. The van der Waals surface area contributed by atoms with E-state index in [-0.39, 0.29) is 5.69 Å². The quantitative estimate of drug-likeness (QED) is 0.647. The number of piperidine rings is 1. The minimum Gasteiger partial charge on any atom is -0.317 e. The van der Waals surface area contributed by atoms with Crippen LogP contribution in [0.15, 0.2) is 18.2 Å². The second-order valence-electron chi connectivity index (χ2n) is 5.53. The zero-order valence-electron chi connectivity index (χ0n) is 12.3. The maximum absolute atomic E-state index is 13.5. The van der Waals surface area contributed by atoms with E-state index in [1.165, 1.54) is 12.1 Å². The Balaban J connectivity index is 2.13. The summed E-state index contributed by atoms with van der Waals surface area (Å²) >= 11 is 0. The normalized spacial score (nSPS) is 16.3. The molecule has 0 aromatic heterocycles. The van der Waals surface area contributed by atoms with E-state index in [0.717, 1.165) is 45.0 Å². The number of rotatable bonds is 6. The van der Waals surface area contributed by atoms with Crippen molar-refractivity contribution >= 4 is 5.69 Å². The van der Waals surface area contributed by atoms with E-state index in [2.05, 4.69) is 17.1 Å². The van der Waals surface area contributed by atoms with Crippen LogP contribution in [0.5, 0.6) is 0 Å². The van der Waals surface area contributed by atoms with Gasteiger partial charge in [0, 0.05) is 18.7 Å². The van der Waals surface area contributed by atoms with Crippen molar-refractivity contribution in [3.63, 3.8) is 0 Å². The fraction of sp³-hybridized carbons (Fsp3) is 0.600. The molecule has 0 amide bonds. The molecule has 1 aromatic rings. The third-order valence-corrected chi connectivity index (χ3v) is 3.87. The predicted octanol–water partition coefficient (Wildman–Crippen LogP) is 2.70. The molecule has 1 aliphatic heterocycles. The number of nitro benzene ring substituents is 1. The Morgan fingerprint density at radius 1 is 1.38 bits per heavy atom. The Labute approximate surface area is 124 Å². The lowest BCUT2D eigenvalue weighted by Gasteiger charge is -2.34. The Hall–Kier alpha value is -1.53. The summed E-state index contributed by atoms with van der Waals surface area (Å²) in [7, 11) is 0. The highest BCUT2D eigenvalue weighted by atomic mass is 19.1. The molecule has 2 rings (SSSR count). The molecular formula is C15H22FN3O2. The standard InChI is InChI=1S/C15H22FN3O2/c1-2-7-18(14-3-5-17-6-4-14)11-12-8-13(16)10-15(9-12)19(20)21/h8-10,14,17H,2-7,11H2,1H3. The maximum atomic E-state index is 13.5. The van der Waals surface area contributed by atoms with E-state index in [4.69, 9.17) is 0 Å². The Kier molecular flexibility index (Phi) is 5.64. The van der Waals surface area contributed by atoms with Gasteiger partial charge < -0.3 is 5.32 Å². The van der Waals surface area contributed by atoms with Gasteiger partial charge in [-0.15, -0.1) is 0 Å². The van der Waals surface area contributed by atoms with Crippen molar-refractivity contribution in [2.24, 2.45) is 0 Å². The Bertz CT molecular complexity index is 490. The molecule has 1 aromatic carbocycles. The van der Waals surface area contributed by atoms with Gasteiger partial charge in [0.05, 0.1) is 11.0 Å². The molecule has 0 unspecified atom stereocenters. The van der Waals surface area contributed by atoms with Crippen LogP contribution in [0.4, 0.5) is 10.1 Å². The van der Waals surface area contributed by atoms with Crippen LogP contribution in [0.1, 0.15) is 31.7 Å². The summed E-state index contributed by atoms with van der Waals surface area (Å²) in [5.74, 6) is -0.541. The van der Waals surface area contributed by atoms with Gasteiger partial charge in [-0.2, -0.15) is 0 Å². The van der Waals surface area contributed by atoms with Crippen molar-refractivity contribution in [1.29, 1.82) is 0 Å². The molecule has 1 heterocycles. The monoisotopic (exact) mass is 295 g/mol. The summed E-state index contributed by atoms with van der Waals surface area (Å²) in [6.07, 6.45) is 3.15. The molecule has 1 N–H and O–H groups in total. The molecular weight excluding hydrogens is 273 g/mol. The maximum Gasteiger partial charge on any atom is 0.272 e. The van der Waals surface area contributed by atoms with Gasteiger partial charge in [-0.1, -0.05) is 6.92 Å². The van der Waals surface area contributed by atoms with Gasteiger partial charge in [-0.3, -0.25) is 15.0 Å². The van der Waals surface area contributed by atoms with E-state index >= 15 is 0 Å². The first kappa shape index (κ1) is 15.9. The highest BCUT2D eigenvalue weighted by Gasteiger charge is 2.21. The Morgan fingerprint density at radius 2 is 2.10 bits per heavy atom. The van der Waals surface area contributed by atoms with Crippen molar-refractivity contribution in [3.8, 4) is 0 Å². The average Bonchev–Trinajstić information content (AvgIpc) is 2.47. The highest BCUT2D eigenvalue weighted by Crippen LogP contribution is 2.21. The van der Waals surface area contributed by atoms with Gasteiger partial charge in [0.2, 0.25) is 0 Å². The molecule has 6 heteroatoms. The van der Waals surface area contributed by atoms with Crippen molar-refractivity contribution < 1.29 is 9.31 Å². The van der Waals surface area contributed by atoms with Crippen LogP contribution in [0.25, 0.3) is 0 Å². The second-order valence-corrected chi connectivity index (χ2v) is 5.53. The zero-order chi connectivity index (χ0) is 15.2. The van der Waals surface area contributed by atoms with E-state index in [1.807, 2.05) is 0 Å². The van der Waals surface area contributed by atoms with Gasteiger partial charge in [-0.25, -0.2) is 4.39 Å². The smallest absolute Gasteiger partial charge is 0.272 e. The topological polar surface area (TPSA) is 58.4 Å². The fourth-order valence-electron chi connectivity index (χ4n) is 2.91. The van der Waals surface area contributed by atoms with Gasteiger partial charge in [0.15, 0.2) is 0 Å². The number of nitro groups is 1. The summed E-state index contributed by atoms with van der Waals surface area (Å²) in [6, 6.07) is 4.32. The summed E-state index contributed by atoms with van der Waals surface area (Å²) in [6.45, 7) is 5.59. The van der Waals surface area contributed by atoms with Crippen LogP contribution in [0.2, 0.25) is 0 Å². The van der Waals surface area contributed by atoms with E-state index < -0.39 is 10.7 Å². The third kappa shape index (κ3) is 4.47. The lowest BCUT2D eigenvalue weighted by molar-refractivity contribution is -0.385. The highest BCUT2D eigenvalue weighted by molar-refractivity contribution is 5.35. The number of nitrogens with one attached hydrogen (secondary N) is 1. The lowest BCUT2D eigenvalue weighted by atomic mass is 10.0. The first-order valence-electron chi connectivity index (χ1n) is 7.48. The van der Waals surface area contributed by atoms with E-state index in [1.54, 1.807) is 0 Å². The molecule has 0 aliphatic carbocycles. The molecule has 1 aliphatic rings. The minimum absolute atomic E-state index is 0.174.